The van der Waals surface area contributed by atoms with Gasteiger partial charge in [0.15, 0.2) is 0 Å². The number of piperidine rings is 1. The van der Waals surface area contributed by atoms with Crippen LogP contribution in [-0.4, -0.2) is 37.0 Å². The fourth-order valence-electron chi connectivity index (χ4n) is 2.89. The van der Waals surface area contributed by atoms with Gasteiger partial charge in [0.1, 0.15) is 0 Å². The van der Waals surface area contributed by atoms with E-state index in [4.69, 9.17) is 0 Å². The number of likely N-dealkylation sites (tertiary alicyclic amines) is 1. The number of carbonyl (C=O) groups excluding carboxylic acids is 1. The Balaban J connectivity index is 0.00000128. The Morgan fingerprint density at radius 2 is 2.00 bits per heavy atom. The van der Waals surface area contributed by atoms with Crippen LogP contribution in [0.25, 0.3) is 0 Å². The van der Waals surface area contributed by atoms with Crippen LogP contribution in [0.1, 0.15) is 39.0 Å². The molecular formula is C12H23ClN2O. The maximum atomic E-state index is 11.8. The molecule has 94 valence electrons. The van der Waals surface area contributed by atoms with E-state index in [1.54, 1.807) is 0 Å². The molecule has 16 heavy (non-hydrogen) atoms. The van der Waals surface area contributed by atoms with Gasteiger partial charge in [-0.1, -0.05) is 6.92 Å². The third-order valence-corrected chi connectivity index (χ3v) is 3.92. The summed E-state index contributed by atoms with van der Waals surface area (Å²) in [6, 6.07) is 0. The van der Waals surface area contributed by atoms with E-state index in [0.29, 0.717) is 11.3 Å². The number of halogens is 1. The van der Waals surface area contributed by atoms with E-state index in [2.05, 4.69) is 17.1 Å². The highest BCUT2D eigenvalue weighted by atomic mass is 35.5. The molecule has 0 saturated carbocycles. The van der Waals surface area contributed by atoms with Crippen LogP contribution in [0.15, 0.2) is 0 Å². The molecule has 1 amide bonds. The van der Waals surface area contributed by atoms with E-state index in [0.717, 1.165) is 39.0 Å². The fraction of sp³-hybridized carbons (Fsp3) is 0.917. The summed E-state index contributed by atoms with van der Waals surface area (Å²) in [6.07, 6.45) is 5.44. The van der Waals surface area contributed by atoms with Gasteiger partial charge >= 0.3 is 0 Å². The molecule has 2 heterocycles. The number of hydrogen-bond acceptors (Lipinski definition) is 2. The molecule has 3 nitrogen and oxygen atoms in total. The molecule has 2 aliphatic rings. The van der Waals surface area contributed by atoms with Crippen molar-refractivity contribution in [3.63, 3.8) is 0 Å². The van der Waals surface area contributed by atoms with Gasteiger partial charge in [-0.25, -0.2) is 0 Å². The quantitative estimate of drug-likeness (QED) is 0.806. The van der Waals surface area contributed by atoms with Crippen molar-refractivity contribution in [1.82, 2.24) is 10.2 Å². The van der Waals surface area contributed by atoms with Crippen molar-refractivity contribution in [2.45, 2.75) is 39.0 Å². The summed E-state index contributed by atoms with van der Waals surface area (Å²) in [4.78, 5) is 13.9. The highest BCUT2D eigenvalue weighted by Gasteiger charge is 2.39. The SMILES string of the molecule is CCCC(=O)N1CCC2(CCNCC2)C1.Cl. The van der Waals surface area contributed by atoms with E-state index >= 15 is 0 Å². The first kappa shape index (κ1) is 13.8. The topological polar surface area (TPSA) is 32.3 Å². The largest absolute Gasteiger partial charge is 0.342 e. The average molecular weight is 247 g/mol. The van der Waals surface area contributed by atoms with Crippen molar-refractivity contribution in [3.05, 3.63) is 0 Å². The van der Waals surface area contributed by atoms with Crippen molar-refractivity contribution in [1.29, 1.82) is 0 Å². The average Bonchev–Trinajstić information content (AvgIpc) is 2.64. The van der Waals surface area contributed by atoms with E-state index in [9.17, 15) is 4.79 Å². The van der Waals surface area contributed by atoms with Gasteiger partial charge in [0.25, 0.3) is 0 Å². The molecule has 0 aromatic carbocycles. The molecular weight excluding hydrogens is 224 g/mol. The van der Waals surface area contributed by atoms with Crippen LogP contribution < -0.4 is 5.32 Å². The zero-order valence-corrected chi connectivity index (χ0v) is 10.9. The Hall–Kier alpha value is -0.280. The Labute approximate surface area is 104 Å². The molecule has 0 bridgehead atoms. The van der Waals surface area contributed by atoms with Crippen LogP contribution in [0, 0.1) is 5.41 Å². The number of carbonyl (C=O) groups is 1. The Bertz CT molecular complexity index is 239. The van der Waals surface area contributed by atoms with Gasteiger partial charge in [-0.15, -0.1) is 12.4 Å². The lowest BCUT2D eigenvalue weighted by Gasteiger charge is -2.33. The lowest BCUT2D eigenvalue weighted by molar-refractivity contribution is -0.130. The van der Waals surface area contributed by atoms with Crippen molar-refractivity contribution in [2.24, 2.45) is 5.41 Å². The maximum Gasteiger partial charge on any atom is 0.222 e. The van der Waals surface area contributed by atoms with Crippen LogP contribution in [0.3, 0.4) is 0 Å². The molecule has 0 aromatic rings. The number of rotatable bonds is 2. The molecule has 2 saturated heterocycles. The molecule has 2 fully saturated rings. The molecule has 0 unspecified atom stereocenters. The van der Waals surface area contributed by atoms with Crippen molar-refractivity contribution in [3.8, 4) is 0 Å². The highest BCUT2D eigenvalue weighted by Crippen LogP contribution is 2.38. The van der Waals surface area contributed by atoms with Gasteiger partial charge in [-0.05, 0) is 44.2 Å². The van der Waals surface area contributed by atoms with Crippen LogP contribution in [0.4, 0.5) is 0 Å². The Morgan fingerprint density at radius 3 is 2.62 bits per heavy atom. The second kappa shape index (κ2) is 5.87. The summed E-state index contributed by atoms with van der Waals surface area (Å²) in [5.74, 6) is 0.368. The summed E-state index contributed by atoms with van der Waals surface area (Å²) in [5, 5.41) is 3.40. The monoisotopic (exact) mass is 246 g/mol. The zero-order valence-electron chi connectivity index (χ0n) is 10.1. The highest BCUT2D eigenvalue weighted by molar-refractivity contribution is 5.85. The van der Waals surface area contributed by atoms with Crippen molar-refractivity contribution in [2.75, 3.05) is 26.2 Å². The first-order valence-electron chi connectivity index (χ1n) is 6.24. The molecule has 0 aromatic heterocycles. The Morgan fingerprint density at radius 1 is 1.31 bits per heavy atom. The van der Waals surface area contributed by atoms with E-state index in [-0.39, 0.29) is 12.4 Å². The molecule has 2 aliphatic heterocycles. The third-order valence-electron chi connectivity index (χ3n) is 3.92. The number of hydrogen-bond donors (Lipinski definition) is 1. The molecule has 0 aliphatic carbocycles. The predicted molar refractivity (Wildman–Crippen MR) is 67.9 cm³/mol. The minimum absolute atomic E-state index is 0. The van der Waals surface area contributed by atoms with Gasteiger partial charge in [0.2, 0.25) is 5.91 Å². The molecule has 1 spiro atoms. The molecule has 0 radical (unpaired) electrons. The zero-order chi connectivity index (χ0) is 10.7. The second-order valence-electron chi connectivity index (χ2n) is 5.07. The predicted octanol–water partition coefficient (Wildman–Crippen LogP) is 1.81. The van der Waals surface area contributed by atoms with E-state index < -0.39 is 0 Å². The summed E-state index contributed by atoms with van der Waals surface area (Å²) >= 11 is 0. The van der Waals surface area contributed by atoms with Gasteiger partial charge in [0, 0.05) is 19.5 Å². The van der Waals surface area contributed by atoms with Crippen LogP contribution in [0.2, 0.25) is 0 Å². The smallest absolute Gasteiger partial charge is 0.222 e. The number of nitrogens with one attached hydrogen (secondary N) is 1. The van der Waals surface area contributed by atoms with Crippen LogP contribution in [-0.2, 0) is 4.79 Å². The first-order valence-corrected chi connectivity index (χ1v) is 6.24. The fourth-order valence-corrected chi connectivity index (χ4v) is 2.89. The lowest BCUT2D eigenvalue weighted by atomic mass is 9.78. The summed E-state index contributed by atoms with van der Waals surface area (Å²) in [6.45, 7) is 6.37. The van der Waals surface area contributed by atoms with Crippen molar-refractivity contribution < 1.29 is 4.79 Å². The van der Waals surface area contributed by atoms with Gasteiger partial charge in [-0.3, -0.25) is 4.79 Å². The summed E-state index contributed by atoms with van der Waals surface area (Å²) in [5.41, 5.74) is 0.467. The van der Waals surface area contributed by atoms with Crippen LogP contribution in [0.5, 0.6) is 0 Å². The van der Waals surface area contributed by atoms with Crippen molar-refractivity contribution >= 4 is 18.3 Å². The molecule has 2 rings (SSSR count). The van der Waals surface area contributed by atoms with Gasteiger partial charge < -0.3 is 10.2 Å². The summed E-state index contributed by atoms with van der Waals surface area (Å²) in [7, 11) is 0. The Kier molecular flexibility index (Phi) is 5.06. The van der Waals surface area contributed by atoms with Gasteiger partial charge in [0.05, 0.1) is 0 Å². The minimum atomic E-state index is 0. The number of amides is 1. The lowest BCUT2D eigenvalue weighted by Crippen LogP contribution is -2.39. The maximum absolute atomic E-state index is 11.8. The standard InChI is InChI=1S/C12H22N2O.ClH/c1-2-3-11(15)14-9-6-12(10-14)4-7-13-8-5-12;/h13H,2-10H2,1H3;1H. The minimum Gasteiger partial charge on any atom is -0.342 e. The third kappa shape index (κ3) is 2.89. The van der Waals surface area contributed by atoms with E-state index in [1.807, 2.05) is 0 Å². The normalized spacial score (nSPS) is 23.2. The summed E-state index contributed by atoms with van der Waals surface area (Å²) < 4.78 is 0. The molecule has 1 N–H and O–H groups in total. The van der Waals surface area contributed by atoms with E-state index in [1.165, 1.54) is 19.3 Å². The number of nitrogens with zero attached hydrogens (tertiary/aromatic N) is 1. The second-order valence-corrected chi connectivity index (χ2v) is 5.07. The molecule has 4 heteroatoms. The van der Waals surface area contributed by atoms with Gasteiger partial charge in [-0.2, -0.15) is 0 Å². The van der Waals surface area contributed by atoms with Crippen LogP contribution >= 0.6 is 12.4 Å². The first-order chi connectivity index (χ1) is 7.26. The molecule has 0 atom stereocenters.